The lowest BCUT2D eigenvalue weighted by Crippen LogP contribution is -2.18. The molecule has 0 spiro atoms. The monoisotopic (exact) mass is 239 g/mol. The molecule has 3 heteroatoms. The zero-order valence-electron chi connectivity index (χ0n) is 7.38. The second-order valence-electron chi connectivity index (χ2n) is 3.47. The maximum atomic E-state index is 11.4. The number of Topliss-reactive ketones (excluding diaryl/α,β-unsaturated/α-hetero) is 1. The molecule has 1 fully saturated rings. The van der Waals surface area contributed by atoms with Gasteiger partial charge in [-0.25, -0.2) is 0 Å². The van der Waals surface area contributed by atoms with Crippen molar-refractivity contribution in [1.82, 2.24) is 4.98 Å². The van der Waals surface area contributed by atoms with Gasteiger partial charge in [0.25, 0.3) is 0 Å². The molecule has 1 aromatic rings. The van der Waals surface area contributed by atoms with Gasteiger partial charge in [0.15, 0.2) is 0 Å². The van der Waals surface area contributed by atoms with Gasteiger partial charge in [0.2, 0.25) is 0 Å². The van der Waals surface area contributed by atoms with Crippen LogP contribution >= 0.6 is 15.9 Å². The van der Waals surface area contributed by atoms with E-state index in [0.717, 1.165) is 23.0 Å². The molecule has 1 heterocycles. The average Bonchev–Trinajstić information content (AvgIpc) is 2.85. The second kappa shape index (κ2) is 2.91. The van der Waals surface area contributed by atoms with Crippen LogP contribution < -0.4 is 0 Å². The molecule has 0 saturated heterocycles. The van der Waals surface area contributed by atoms with E-state index < -0.39 is 0 Å². The lowest BCUT2D eigenvalue weighted by Gasteiger charge is -2.11. The molecule has 0 amide bonds. The van der Waals surface area contributed by atoms with E-state index in [-0.39, 0.29) is 11.2 Å². The molecule has 1 saturated carbocycles. The van der Waals surface area contributed by atoms with Gasteiger partial charge < -0.3 is 0 Å². The van der Waals surface area contributed by atoms with Gasteiger partial charge in [0, 0.05) is 10.7 Å². The average molecular weight is 240 g/mol. The van der Waals surface area contributed by atoms with Gasteiger partial charge in [-0.3, -0.25) is 9.78 Å². The lowest BCUT2D eigenvalue weighted by molar-refractivity contribution is -0.119. The first kappa shape index (κ1) is 8.88. The van der Waals surface area contributed by atoms with Crippen molar-refractivity contribution in [2.75, 3.05) is 0 Å². The maximum absolute atomic E-state index is 11.4. The van der Waals surface area contributed by atoms with E-state index in [1.807, 2.05) is 12.1 Å². The molecule has 0 atom stereocenters. The summed E-state index contributed by atoms with van der Waals surface area (Å²) in [6.07, 6.45) is 3.62. The number of nitrogens with zero attached hydrogens (tertiary/aromatic N) is 1. The Kier molecular flexibility index (Phi) is 1.99. The molecular formula is C10H10BrNO. The Labute approximate surface area is 85.5 Å². The van der Waals surface area contributed by atoms with E-state index in [9.17, 15) is 4.79 Å². The number of hydrogen-bond acceptors (Lipinski definition) is 2. The molecule has 0 aromatic carbocycles. The van der Waals surface area contributed by atoms with Crippen molar-refractivity contribution in [3.05, 3.63) is 28.5 Å². The Morgan fingerprint density at radius 1 is 1.62 bits per heavy atom. The van der Waals surface area contributed by atoms with E-state index in [2.05, 4.69) is 20.9 Å². The summed E-state index contributed by atoms with van der Waals surface area (Å²) in [5.74, 6) is 0.229. The predicted octanol–water partition coefficient (Wildman–Crippen LogP) is 2.46. The first-order valence-corrected chi connectivity index (χ1v) is 5.08. The van der Waals surface area contributed by atoms with Crippen LogP contribution in [0.25, 0.3) is 0 Å². The van der Waals surface area contributed by atoms with Crippen LogP contribution in [0.5, 0.6) is 0 Å². The molecule has 0 unspecified atom stereocenters. The molecule has 2 rings (SSSR count). The topological polar surface area (TPSA) is 30.0 Å². The number of aromatic nitrogens is 1. The highest BCUT2D eigenvalue weighted by atomic mass is 79.9. The molecule has 13 heavy (non-hydrogen) atoms. The summed E-state index contributed by atoms with van der Waals surface area (Å²) < 4.78 is 0.947. The minimum atomic E-state index is -0.264. The zero-order valence-corrected chi connectivity index (χ0v) is 8.97. The van der Waals surface area contributed by atoms with Crippen molar-refractivity contribution < 1.29 is 4.79 Å². The van der Waals surface area contributed by atoms with Crippen LogP contribution in [0.2, 0.25) is 0 Å². The fourth-order valence-electron chi connectivity index (χ4n) is 1.62. The number of carbonyl (C=O) groups is 1. The van der Waals surface area contributed by atoms with Crippen LogP contribution in [0.1, 0.15) is 25.5 Å². The molecule has 0 aliphatic heterocycles. The Morgan fingerprint density at radius 2 is 2.31 bits per heavy atom. The number of carbonyl (C=O) groups excluding carboxylic acids is 1. The predicted molar refractivity (Wildman–Crippen MR) is 53.5 cm³/mol. The largest absolute Gasteiger partial charge is 0.299 e. The van der Waals surface area contributed by atoms with Gasteiger partial charge in [0.05, 0.1) is 11.1 Å². The van der Waals surface area contributed by atoms with Gasteiger partial charge in [-0.05, 0) is 47.8 Å². The van der Waals surface area contributed by atoms with Crippen LogP contribution in [-0.4, -0.2) is 10.8 Å². The molecule has 0 radical (unpaired) electrons. The molecule has 1 aliphatic carbocycles. The summed E-state index contributed by atoms with van der Waals surface area (Å²) in [7, 11) is 0. The van der Waals surface area contributed by atoms with Gasteiger partial charge in [0.1, 0.15) is 5.78 Å². The number of ketones is 1. The zero-order chi connectivity index (χ0) is 9.47. The number of pyridine rings is 1. The number of hydrogen-bond donors (Lipinski definition) is 0. The first-order chi connectivity index (χ1) is 6.17. The van der Waals surface area contributed by atoms with Crippen molar-refractivity contribution in [3.8, 4) is 0 Å². The van der Waals surface area contributed by atoms with Crippen molar-refractivity contribution in [2.24, 2.45) is 0 Å². The summed E-state index contributed by atoms with van der Waals surface area (Å²) in [5.41, 5.74) is 0.641. The van der Waals surface area contributed by atoms with Crippen LogP contribution in [0.15, 0.2) is 22.8 Å². The van der Waals surface area contributed by atoms with Gasteiger partial charge in [-0.15, -0.1) is 0 Å². The van der Waals surface area contributed by atoms with Crippen LogP contribution in [0.3, 0.4) is 0 Å². The summed E-state index contributed by atoms with van der Waals surface area (Å²) in [4.78, 5) is 15.7. The maximum Gasteiger partial charge on any atom is 0.141 e. The van der Waals surface area contributed by atoms with E-state index in [0.29, 0.717) is 0 Å². The fraction of sp³-hybridized carbons (Fsp3) is 0.400. The first-order valence-electron chi connectivity index (χ1n) is 4.29. The van der Waals surface area contributed by atoms with E-state index in [1.54, 1.807) is 13.1 Å². The van der Waals surface area contributed by atoms with E-state index >= 15 is 0 Å². The Morgan fingerprint density at radius 3 is 2.77 bits per heavy atom. The normalized spacial score (nSPS) is 18.3. The summed E-state index contributed by atoms with van der Waals surface area (Å²) in [6, 6.07) is 3.80. The Hall–Kier alpha value is -0.700. The molecule has 68 valence electrons. The number of rotatable bonds is 2. The Bertz CT molecular complexity index is 358. The molecule has 1 aromatic heterocycles. The third-order valence-corrected chi connectivity index (χ3v) is 3.28. The summed E-state index contributed by atoms with van der Waals surface area (Å²) in [6.45, 7) is 1.65. The third kappa shape index (κ3) is 1.31. The minimum absolute atomic E-state index is 0.229. The molecular weight excluding hydrogens is 230 g/mol. The van der Waals surface area contributed by atoms with Crippen molar-refractivity contribution >= 4 is 21.7 Å². The van der Waals surface area contributed by atoms with E-state index in [4.69, 9.17) is 0 Å². The van der Waals surface area contributed by atoms with Crippen LogP contribution in [0.4, 0.5) is 0 Å². The highest BCUT2D eigenvalue weighted by molar-refractivity contribution is 9.10. The van der Waals surface area contributed by atoms with Crippen molar-refractivity contribution in [1.29, 1.82) is 0 Å². The molecule has 0 N–H and O–H groups in total. The van der Waals surface area contributed by atoms with Gasteiger partial charge in [-0.2, -0.15) is 0 Å². The van der Waals surface area contributed by atoms with Crippen LogP contribution in [0, 0.1) is 0 Å². The van der Waals surface area contributed by atoms with E-state index in [1.165, 1.54) is 0 Å². The lowest BCUT2D eigenvalue weighted by atomic mass is 9.97. The Balaban J connectivity index is 2.47. The molecule has 1 aliphatic rings. The minimum Gasteiger partial charge on any atom is -0.299 e. The standard InChI is InChI=1S/C10H10BrNO/c1-7(13)10(4-5-10)9-8(11)3-2-6-12-9/h2-3,6H,4-5H2,1H3. The third-order valence-electron chi connectivity index (χ3n) is 2.64. The van der Waals surface area contributed by atoms with Crippen molar-refractivity contribution in [3.63, 3.8) is 0 Å². The van der Waals surface area contributed by atoms with Gasteiger partial charge in [-0.1, -0.05) is 0 Å². The molecule has 2 nitrogen and oxygen atoms in total. The smallest absolute Gasteiger partial charge is 0.141 e. The van der Waals surface area contributed by atoms with Gasteiger partial charge >= 0.3 is 0 Å². The van der Waals surface area contributed by atoms with Crippen LogP contribution in [-0.2, 0) is 10.2 Å². The number of halogens is 1. The molecule has 0 bridgehead atoms. The summed E-state index contributed by atoms with van der Waals surface area (Å²) in [5, 5.41) is 0. The summed E-state index contributed by atoms with van der Waals surface area (Å²) >= 11 is 3.43. The highest BCUT2D eigenvalue weighted by Gasteiger charge is 2.51. The van der Waals surface area contributed by atoms with Crippen molar-refractivity contribution in [2.45, 2.75) is 25.2 Å². The second-order valence-corrected chi connectivity index (χ2v) is 4.33. The SMILES string of the molecule is CC(=O)C1(c2ncccc2Br)CC1. The fourth-order valence-corrected chi connectivity index (χ4v) is 2.25. The highest BCUT2D eigenvalue weighted by Crippen LogP contribution is 2.49. The quantitative estimate of drug-likeness (QED) is 0.794.